The summed E-state index contributed by atoms with van der Waals surface area (Å²) in [4.78, 5) is 16.6. The molecule has 0 aliphatic carbocycles. The van der Waals surface area contributed by atoms with Crippen molar-refractivity contribution in [3.8, 4) is 11.4 Å². The van der Waals surface area contributed by atoms with Gasteiger partial charge in [0.1, 0.15) is 0 Å². The Morgan fingerprint density at radius 1 is 1.26 bits per heavy atom. The molecule has 6 heteroatoms. The summed E-state index contributed by atoms with van der Waals surface area (Å²) in [6, 6.07) is 10.9. The van der Waals surface area contributed by atoms with Gasteiger partial charge in [0, 0.05) is 11.3 Å². The number of benzene rings is 1. The predicted octanol–water partition coefficient (Wildman–Crippen LogP) is 3.05. The lowest BCUT2D eigenvalue weighted by molar-refractivity contribution is 0.103. The van der Waals surface area contributed by atoms with E-state index in [4.69, 9.17) is 4.52 Å². The van der Waals surface area contributed by atoms with Gasteiger partial charge in [0.05, 0.1) is 4.88 Å². The van der Waals surface area contributed by atoms with Crippen molar-refractivity contribution in [3.05, 3.63) is 53.0 Å². The Morgan fingerprint density at radius 3 is 2.95 bits per heavy atom. The van der Waals surface area contributed by atoms with E-state index >= 15 is 0 Å². The van der Waals surface area contributed by atoms with Gasteiger partial charge in [0.2, 0.25) is 12.2 Å². The Morgan fingerprint density at radius 2 is 2.21 bits per heavy atom. The third-order valence-electron chi connectivity index (χ3n) is 2.48. The van der Waals surface area contributed by atoms with Gasteiger partial charge in [-0.3, -0.25) is 4.79 Å². The first-order chi connectivity index (χ1) is 9.33. The standard InChI is InChI=1S/C13H9N3O2S/c17-13(11-5-2-6-19-11)15-10-4-1-3-9(7-10)12-14-8-18-16-12/h1-8H,(H,15,17). The van der Waals surface area contributed by atoms with Gasteiger partial charge in [-0.25, -0.2) is 0 Å². The highest BCUT2D eigenvalue weighted by molar-refractivity contribution is 7.12. The number of nitrogens with one attached hydrogen (secondary N) is 1. The quantitative estimate of drug-likeness (QED) is 0.795. The Labute approximate surface area is 112 Å². The Kier molecular flexibility index (Phi) is 3.07. The largest absolute Gasteiger partial charge is 0.342 e. The molecule has 0 fully saturated rings. The highest BCUT2D eigenvalue weighted by Crippen LogP contribution is 2.20. The van der Waals surface area contributed by atoms with Crippen molar-refractivity contribution in [1.82, 2.24) is 10.1 Å². The lowest BCUT2D eigenvalue weighted by Crippen LogP contribution is -2.09. The van der Waals surface area contributed by atoms with Gasteiger partial charge in [-0.1, -0.05) is 23.4 Å². The van der Waals surface area contributed by atoms with Crippen LogP contribution in [-0.2, 0) is 0 Å². The van der Waals surface area contributed by atoms with E-state index in [-0.39, 0.29) is 5.91 Å². The smallest absolute Gasteiger partial charge is 0.265 e. The van der Waals surface area contributed by atoms with E-state index in [9.17, 15) is 4.79 Å². The topological polar surface area (TPSA) is 68.0 Å². The van der Waals surface area contributed by atoms with E-state index in [0.717, 1.165) is 5.56 Å². The van der Waals surface area contributed by atoms with Crippen LogP contribution < -0.4 is 5.32 Å². The van der Waals surface area contributed by atoms with Gasteiger partial charge < -0.3 is 9.84 Å². The maximum atomic E-state index is 11.9. The maximum absolute atomic E-state index is 11.9. The number of amides is 1. The van der Waals surface area contributed by atoms with Crippen molar-refractivity contribution < 1.29 is 9.32 Å². The van der Waals surface area contributed by atoms with Gasteiger partial charge >= 0.3 is 0 Å². The summed E-state index contributed by atoms with van der Waals surface area (Å²) in [7, 11) is 0. The van der Waals surface area contributed by atoms with Crippen molar-refractivity contribution >= 4 is 22.9 Å². The Hall–Kier alpha value is -2.47. The van der Waals surface area contributed by atoms with Crippen molar-refractivity contribution in [2.75, 3.05) is 5.32 Å². The molecule has 5 nitrogen and oxygen atoms in total. The fourth-order valence-corrected chi connectivity index (χ4v) is 2.25. The zero-order valence-corrected chi connectivity index (χ0v) is 10.6. The molecule has 2 aromatic heterocycles. The van der Waals surface area contributed by atoms with Gasteiger partial charge in [0.25, 0.3) is 5.91 Å². The SMILES string of the molecule is O=C(Nc1cccc(-c2ncon2)c1)c1cccs1. The molecule has 0 radical (unpaired) electrons. The molecule has 0 aliphatic heterocycles. The molecule has 0 spiro atoms. The van der Waals surface area contributed by atoms with Crippen molar-refractivity contribution in [2.24, 2.45) is 0 Å². The van der Waals surface area contributed by atoms with E-state index in [1.807, 2.05) is 29.6 Å². The summed E-state index contributed by atoms with van der Waals surface area (Å²) < 4.78 is 4.70. The molecule has 0 saturated heterocycles. The van der Waals surface area contributed by atoms with Crippen molar-refractivity contribution in [2.45, 2.75) is 0 Å². The molecule has 0 saturated carbocycles. The average molecular weight is 271 g/mol. The van der Waals surface area contributed by atoms with Gasteiger partial charge in [-0.15, -0.1) is 11.3 Å². The number of rotatable bonds is 3. The minimum atomic E-state index is -0.125. The Bertz CT molecular complexity index is 678. The Balaban J connectivity index is 1.82. The van der Waals surface area contributed by atoms with Crippen molar-refractivity contribution in [3.63, 3.8) is 0 Å². The van der Waals surface area contributed by atoms with E-state index in [0.29, 0.717) is 16.4 Å². The molecule has 2 heterocycles. The number of anilines is 1. The number of carbonyl (C=O) groups excluding carboxylic acids is 1. The van der Waals surface area contributed by atoms with Crippen LogP contribution in [0.5, 0.6) is 0 Å². The maximum Gasteiger partial charge on any atom is 0.265 e. The van der Waals surface area contributed by atoms with Crippen LogP contribution in [0.2, 0.25) is 0 Å². The molecule has 3 rings (SSSR count). The molecule has 1 aromatic carbocycles. The number of nitrogens with zero attached hydrogens (tertiary/aromatic N) is 2. The second-order valence-corrected chi connectivity index (χ2v) is 4.71. The monoisotopic (exact) mass is 271 g/mol. The number of thiophene rings is 1. The van der Waals surface area contributed by atoms with Crippen molar-refractivity contribution in [1.29, 1.82) is 0 Å². The number of aromatic nitrogens is 2. The second-order valence-electron chi connectivity index (χ2n) is 3.77. The molecule has 0 bridgehead atoms. The summed E-state index contributed by atoms with van der Waals surface area (Å²) in [6.07, 6.45) is 1.27. The minimum Gasteiger partial charge on any atom is -0.342 e. The first-order valence-electron chi connectivity index (χ1n) is 5.54. The minimum absolute atomic E-state index is 0.125. The summed E-state index contributed by atoms with van der Waals surface area (Å²) in [5.74, 6) is 0.368. The zero-order valence-electron chi connectivity index (χ0n) is 9.74. The fraction of sp³-hybridized carbons (Fsp3) is 0. The summed E-state index contributed by atoms with van der Waals surface area (Å²) in [6.45, 7) is 0. The fourth-order valence-electron chi connectivity index (χ4n) is 1.63. The predicted molar refractivity (Wildman–Crippen MR) is 72.0 cm³/mol. The first kappa shape index (κ1) is 11.6. The lowest BCUT2D eigenvalue weighted by atomic mass is 10.2. The molecule has 94 valence electrons. The number of carbonyl (C=O) groups is 1. The van der Waals surface area contributed by atoms with Gasteiger partial charge in [-0.2, -0.15) is 4.98 Å². The molecule has 3 aromatic rings. The van der Waals surface area contributed by atoms with Crippen LogP contribution in [0.3, 0.4) is 0 Å². The summed E-state index contributed by atoms with van der Waals surface area (Å²) >= 11 is 1.40. The number of hydrogen-bond donors (Lipinski definition) is 1. The molecule has 19 heavy (non-hydrogen) atoms. The normalized spacial score (nSPS) is 10.3. The second kappa shape index (κ2) is 5.03. The van der Waals surface area contributed by atoms with Crippen LogP contribution in [0.15, 0.2) is 52.7 Å². The lowest BCUT2D eigenvalue weighted by Gasteiger charge is -2.04. The molecule has 0 unspecified atom stereocenters. The number of hydrogen-bond acceptors (Lipinski definition) is 5. The molecular weight excluding hydrogens is 262 g/mol. The van der Waals surface area contributed by atoms with Gasteiger partial charge in [-0.05, 0) is 23.6 Å². The molecule has 1 N–H and O–H groups in total. The van der Waals surface area contributed by atoms with Crippen LogP contribution in [0, 0.1) is 0 Å². The highest BCUT2D eigenvalue weighted by atomic mass is 32.1. The van der Waals surface area contributed by atoms with Crippen LogP contribution in [0.25, 0.3) is 11.4 Å². The van der Waals surface area contributed by atoms with Crippen LogP contribution in [0.1, 0.15) is 9.67 Å². The van der Waals surface area contributed by atoms with E-state index in [1.165, 1.54) is 17.7 Å². The van der Waals surface area contributed by atoms with E-state index in [2.05, 4.69) is 15.5 Å². The highest BCUT2D eigenvalue weighted by Gasteiger charge is 2.08. The molecule has 1 amide bonds. The molecule has 0 atom stereocenters. The summed E-state index contributed by atoms with van der Waals surface area (Å²) in [5.41, 5.74) is 1.48. The van der Waals surface area contributed by atoms with E-state index in [1.54, 1.807) is 12.1 Å². The van der Waals surface area contributed by atoms with Gasteiger partial charge in [0.15, 0.2) is 0 Å². The third kappa shape index (κ3) is 2.53. The van der Waals surface area contributed by atoms with E-state index < -0.39 is 0 Å². The van der Waals surface area contributed by atoms with Crippen LogP contribution in [-0.4, -0.2) is 16.0 Å². The first-order valence-corrected chi connectivity index (χ1v) is 6.42. The average Bonchev–Trinajstić information content (AvgIpc) is 3.13. The van der Waals surface area contributed by atoms with Crippen LogP contribution >= 0.6 is 11.3 Å². The van der Waals surface area contributed by atoms with Crippen LogP contribution in [0.4, 0.5) is 5.69 Å². The molecular formula is C13H9N3O2S. The molecule has 0 aliphatic rings. The third-order valence-corrected chi connectivity index (χ3v) is 3.35. The zero-order chi connectivity index (χ0) is 13.1. The summed E-state index contributed by atoms with van der Waals surface area (Å²) in [5, 5.41) is 8.46.